The Hall–Kier alpha value is -2.37. The van der Waals surface area contributed by atoms with E-state index in [0.29, 0.717) is 23.4 Å². The van der Waals surface area contributed by atoms with Gasteiger partial charge in [0.25, 0.3) is 11.8 Å². The van der Waals surface area contributed by atoms with Gasteiger partial charge in [-0.2, -0.15) is 0 Å². The van der Waals surface area contributed by atoms with Crippen LogP contribution in [0.1, 0.15) is 47.3 Å². The molecule has 0 unspecified atom stereocenters. The first kappa shape index (κ1) is 24.3. The van der Waals surface area contributed by atoms with E-state index in [1.807, 2.05) is 6.07 Å². The fraction of sp³-hybridized carbons (Fsp3) is 0.545. The van der Waals surface area contributed by atoms with Gasteiger partial charge in [-0.25, -0.2) is 13.9 Å². The highest BCUT2D eigenvalue weighted by atomic mass is 32.2. The lowest BCUT2D eigenvalue weighted by molar-refractivity contribution is -0.131. The van der Waals surface area contributed by atoms with E-state index in [9.17, 15) is 18.0 Å². The third-order valence-corrected chi connectivity index (χ3v) is 9.18. The SMILES string of the molecule is CC(C)N1CC(C#CC#Cc2cc3c(s2)C(=O)N(CC[C@](C)(C(=O)NO)S(C)(=O)=O)C3)C1. The van der Waals surface area contributed by atoms with Crippen molar-refractivity contribution in [3.63, 3.8) is 0 Å². The molecule has 32 heavy (non-hydrogen) atoms. The highest BCUT2D eigenvalue weighted by molar-refractivity contribution is 7.92. The number of sulfone groups is 1. The van der Waals surface area contributed by atoms with E-state index in [2.05, 4.69) is 42.4 Å². The van der Waals surface area contributed by atoms with Crippen LogP contribution < -0.4 is 5.48 Å². The van der Waals surface area contributed by atoms with Gasteiger partial charge < -0.3 is 4.90 Å². The second-order valence-corrected chi connectivity index (χ2v) is 12.1. The average molecular weight is 478 g/mol. The first-order valence-electron chi connectivity index (χ1n) is 10.3. The van der Waals surface area contributed by atoms with Gasteiger partial charge in [0.1, 0.15) is 0 Å². The summed E-state index contributed by atoms with van der Waals surface area (Å²) in [6.45, 7) is 7.91. The van der Waals surface area contributed by atoms with Gasteiger partial charge in [-0.05, 0) is 56.6 Å². The van der Waals surface area contributed by atoms with Gasteiger partial charge in [0.2, 0.25) is 0 Å². The van der Waals surface area contributed by atoms with E-state index in [0.717, 1.165) is 29.8 Å². The van der Waals surface area contributed by atoms with Gasteiger partial charge in [-0.15, -0.1) is 11.3 Å². The van der Waals surface area contributed by atoms with Crippen molar-refractivity contribution < 1.29 is 23.2 Å². The molecule has 2 N–H and O–H groups in total. The van der Waals surface area contributed by atoms with Gasteiger partial charge in [-0.1, -0.05) is 5.92 Å². The molecule has 3 heterocycles. The number of hydroxylamine groups is 1. The van der Waals surface area contributed by atoms with Crippen LogP contribution >= 0.6 is 11.3 Å². The summed E-state index contributed by atoms with van der Waals surface area (Å²) in [6, 6.07) is 2.39. The number of hydrogen-bond donors (Lipinski definition) is 2. The standard InChI is InChI=1S/C22H27N3O5S2/c1-15(2)25-12-16(13-25)7-5-6-8-18-11-17-14-24(20(26)19(17)31-18)10-9-22(3,21(27)23-28)32(4,29)30/h11,15-16,28H,9-10,12-14H2,1-4H3,(H,23,27)/t22-/m1/s1. The number of fused-ring (bicyclic) bond motifs is 1. The topological polar surface area (TPSA) is 107 Å². The minimum atomic E-state index is -3.81. The molecule has 2 amide bonds. The smallest absolute Gasteiger partial charge is 0.264 e. The Morgan fingerprint density at radius 3 is 2.62 bits per heavy atom. The van der Waals surface area contributed by atoms with Gasteiger partial charge in [0.05, 0.1) is 9.75 Å². The summed E-state index contributed by atoms with van der Waals surface area (Å²) in [5, 5.41) is 8.92. The van der Waals surface area contributed by atoms with Crippen LogP contribution in [0.2, 0.25) is 0 Å². The number of likely N-dealkylation sites (tertiary alicyclic amines) is 1. The number of thiophene rings is 1. The number of hydrogen-bond acceptors (Lipinski definition) is 7. The summed E-state index contributed by atoms with van der Waals surface area (Å²) in [6.07, 6.45) is 0.806. The highest BCUT2D eigenvalue weighted by Crippen LogP contribution is 2.32. The van der Waals surface area contributed by atoms with Crippen molar-refractivity contribution in [3.8, 4) is 23.7 Å². The number of rotatable bonds is 6. The Kier molecular flexibility index (Phi) is 7.01. The van der Waals surface area contributed by atoms with Gasteiger partial charge in [-0.3, -0.25) is 19.7 Å². The molecule has 0 saturated carbocycles. The molecule has 1 saturated heterocycles. The summed E-state index contributed by atoms with van der Waals surface area (Å²) in [4.78, 5) is 29.9. The summed E-state index contributed by atoms with van der Waals surface area (Å²) < 4.78 is 22.3. The lowest BCUT2D eigenvalue weighted by atomic mass is 9.99. The lowest BCUT2D eigenvalue weighted by Gasteiger charge is -2.39. The second kappa shape index (κ2) is 9.24. The van der Waals surface area contributed by atoms with Crippen molar-refractivity contribution in [2.24, 2.45) is 5.92 Å². The third kappa shape index (κ3) is 4.84. The molecule has 2 aliphatic rings. The maximum Gasteiger partial charge on any atom is 0.264 e. The van der Waals surface area contributed by atoms with Gasteiger partial charge in [0, 0.05) is 44.4 Å². The predicted molar refractivity (Wildman–Crippen MR) is 122 cm³/mol. The molecule has 1 aromatic rings. The Morgan fingerprint density at radius 2 is 2.06 bits per heavy atom. The van der Waals surface area contributed by atoms with Crippen molar-refractivity contribution >= 4 is 33.0 Å². The summed E-state index contributed by atoms with van der Waals surface area (Å²) in [7, 11) is -3.81. The highest BCUT2D eigenvalue weighted by Gasteiger charge is 2.44. The van der Waals surface area contributed by atoms with Crippen LogP contribution in [0.5, 0.6) is 0 Å². The van der Waals surface area contributed by atoms with E-state index in [-0.39, 0.29) is 18.9 Å². The maximum atomic E-state index is 12.7. The number of carbonyl (C=O) groups excluding carboxylic acids is 2. The Labute approximate surface area is 192 Å². The monoisotopic (exact) mass is 477 g/mol. The molecule has 0 spiro atoms. The van der Waals surface area contributed by atoms with Crippen LogP contribution in [-0.2, 0) is 21.2 Å². The number of nitrogens with one attached hydrogen (secondary N) is 1. The molecule has 8 nitrogen and oxygen atoms in total. The zero-order valence-electron chi connectivity index (χ0n) is 18.6. The molecule has 10 heteroatoms. The minimum Gasteiger partial charge on any atom is -0.333 e. The molecule has 0 radical (unpaired) electrons. The zero-order chi connectivity index (χ0) is 23.7. The average Bonchev–Trinajstić information content (AvgIpc) is 3.21. The maximum absolute atomic E-state index is 12.7. The number of nitrogens with zero attached hydrogens (tertiary/aromatic N) is 2. The molecule has 2 aliphatic heterocycles. The van der Waals surface area contributed by atoms with Crippen molar-refractivity contribution in [1.82, 2.24) is 15.3 Å². The van der Waals surface area contributed by atoms with Crippen LogP contribution in [0.4, 0.5) is 0 Å². The Balaban J connectivity index is 1.60. The molecule has 0 bridgehead atoms. The molecular weight excluding hydrogens is 450 g/mol. The quantitative estimate of drug-likeness (QED) is 0.361. The predicted octanol–water partition coefficient (Wildman–Crippen LogP) is 1.10. The summed E-state index contributed by atoms with van der Waals surface area (Å²) in [5.41, 5.74) is 2.25. The Morgan fingerprint density at radius 1 is 1.38 bits per heavy atom. The summed E-state index contributed by atoms with van der Waals surface area (Å²) in [5.74, 6) is 11.1. The molecule has 3 rings (SSSR count). The fourth-order valence-corrected chi connectivity index (χ4v) is 5.42. The Bertz CT molecular complexity index is 1140. The van der Waals surface area contributed by atoms with Crippen LogP contribution in [0.15, 0.2) is 6.07 Å². The molecule has 1 aromatic heterocycles. The minimum absolute atomic E-state index is 0.0680. The number of carbonyl (C=O) groups is 2. The fourth-order valence-electron chi connectivity index (χ4n) is 3.58. The first-order chi connectivity index (χ1) is 15.0. The van der Waals surface area contributed by atoms with Crippen LogP contribution in [0.3, 0.4) is 0 Å². The molecule has 1 fully saturated rings. The van der Waals surface area contributed by atoms with E-state index in [1.165, 1.54) is 28.6 Å². The van der Waals surface area contributed by atoms with Crippen molar-refractivity contribution in [3.05, 3.63) is 21.4 Å². The van der Waals surface area contributed by atoms with Crippen LogP contribution in [0.25, 0.3) is 0 Å². The molecule has 172 valence electrons. The zero-order valence-corrected chi connectivity index (χ0v) is 20.2. The molecule has 0 aromatic carbocycles. The molecular formula is C22H27N3O5S2. The van der Waals surface area contributed by atoms with Crippen LogP contribution in [-0.4, -0.2) is 71.9 Å². The third-order valence-electron chi connectivity index (χ3n) is 6.08. The summed E-state index contributed by atoms with van der Waals surface area (Å²) >= 11 is 1.29. The van der Waals surface area contributed by atoms with E-state index in [1.54, 1.807) is 0 Å². The van der Waals surface area contributed by atoms with Gasteiger partial charge in [0.15, 0.2) is 14.6 Å². The van der Waals surface area contributed by atoms with Gasteiger partial charge >= 0.3 is 0 Å². The van der Waals surface area contributed by atoms with Crippen molar-refractivity contribution in [1.29, 1.82) is 0 Å². The van der Waals surface area contributed by atoms with Crippen LogP contribution in [0, 0.1) is 29.6 Å². The first-order valence-corrected chi connectivity index (χ1v) is 13.0. The van der Waals surface area contributed by atoms with Crippen molar-refractivity contribution in [2.75, 3.05) is 25.9 Å². The molecule has 0 aliphatic carbocycles. The van der Waals surface area contributed by atoms with E-state index in [4.69, 9.17) is 5.21 Å². The lowest BCUT2D eigenvalue weighted by Crippen LogP contribution is -2.50. The normalized spacial score (nSPS) is 18.2. The second-order valence-electron chi connectivity index (χ2n) is 8.65. The van der Waals surface area contributed by atoms with E-state index >= 15 is 0 Å². The number of amides is 2. The molecule has 1 atom stereocenters. The van der Waals surface area contributed by atoms with E-state index < -0.39 is 20.5 Å². The van der Waals surface area contributed by atoms with Crippen molar-refractivity contribution in [2.45, 2.75) is 44.5 Å². The largest absolute Gasteiger partial charge is 0.333 e.